The van der Waals surface area contributed by atoms with Crippen molar-refractivity contribution in [3.8, 4) is 0 Å². The van der Waals surface area contributed by atoms with Gasteiger partial charge in [-0.15, -0.1) is 0 Å². The molecule has 18 heavy (non-hydrogen) atoms. The van der Waals surface area contributed by atoms with Crippen LogP contribution in [0.2, 0.25) is 0 Å². The van der Waals surface area contributed by atoms with E-state index in [1.807, 2.05) is 14.0 Å². The Hall–Kier alpha value is -0.750. The van der Waals surface area contributed by atoms with Gasteiger partial charge in [-0.25, -0.2) is 0 Å². The second-order valence-electron chi connectivity index (χ2n) is 4.23. The van der Waals surface area contributed by atoms with Crippen molar-refractivity contribution in [2.24, 2.45) is 5.92 Å². The van der Waals surface area contributed by atoms with Crippen molar-refractivity contribution in [3.63, 3.8) is 0 Å². The van der Waals surface area contributed by atoms with E-state index in [9.17, 15) is 13.2 Å². The van der Waals surface area contributed by atoms with E-state index >= 15 is 0 Å². The maximum absolute atomic E-state index is 12.8. The average molecular weight is 325 g/mol. The summed E-state index contributed by atoms with van der Waals surface area (Å²) in [6.45, 7) is 3.21. The number of nitrogens with one attached hydrogen (secondary N) is 2. The van der Waals surface area contributed by atoms with Crippen LogP contribution in [0.25, 0.3) is 0 Å². The highest BCUT2D eigenvalue weighted by Crippen LogP contribution is 2.36. The quantitative estimate of drug-likeness (QED) is 0.862. The number of anilines is 1. The van der Waals surface area contributed by atoms with Gasteiger partial charge in [0.1, 0.15) is 0 Å². The molecule has 0 heterocycles. The molecule has 6 heteroatoms. The number of halogens is 4. The molecule has 0 aliphatic heterocycles. The topological polar surface area (TPSA) is 24.1 Å². The second-order valence-corrected chi connectivity index (χ2v) is 5.15. The molecule has 0 amide bonds. The van der Waals surface area contributed by atoms with E-state index in [4.69, 9.17) is 0 Å². The molecule has 0 radical (unpaired) electrons. The van der Waals surface area contributed by atoms with E-state index in [1.54, 1.807) is 6.07 Å². The number of hydrogen-bond acceptors (Lipinski definition) is 2. The van der Waals surface area contributed by atoms with Gasteiger partial charge in [-0.3, -0.25) is 0 Å². The van der Waals surface area contributed by atoms with Gasteiger partial charge in [-0.1, -0.05) is 22.9 Å². The lowest BCUT2D eigenvalue weighted by molar-refractivity contribution is -0.137. The summed E-state index contributed by atoms with van der Waals surface area (Å²) < 4.78 is 38.9. The lowest BCUT2D eigenvalue weighted by Crippen LogP contribution is -2.23. The molecule has 1 rings (SSSR count). The molecule has 0 spiro atoms. The Balaban J connectivity index is 2.82. The van der Waals surface area contributed by atoms with Crippen LogP contribution in [0.4, 0.5) is 18.9 Å². The van der Waals surface area contributed by atoms with Crippen molar-refractivity contribution >= 4 is 21.6 Å². The molecule has 102 valence electrons. The van der Waals surface area contributed by atoms with E-state index in [1.165, 1.54) is 6.07 Å². The smallest absolute Gasteiger partial charge is 0.384 e. The van der Waals surface area contributed by atoms with Crippen LogP contribution >= 0.6 is 15.9 Å². The highest BCUT2D eigenvalue weighted by atomic mass is 79.9. The molecule has 0 bridgehead atoms. The van der Waals surface area contributed by atoms with Gasteiger partial charge >= 0.3 is 6.18 Å². The standard InChI is InChI=1S/C12H16BrF3N2/c1-8(6-17-2)7-18-11-4-3-9(13)5-10(11)12(14,15)16/h3-5,8,17-18H,6-7H2,1-2H3. The largest absolute Gasteiger partial charge is 0.418 e. The Morgan fingerprint density at radius 3 is 2.50 bits per heavy atom. The first-order chi connectivity index (χ1) is 8.34. The molecule has 2 N–H and O–H groups in total. The Labute approximate surface area is 113 Å². The predicted molar refractivity (Wildman–Crippen MR) is 70.7 cm³/mol. The predicted octanol–water partition coefficient (Wildman–Crippen LogP) is 3.74. The number of benzene rings is 1. The Morgan fingerprint density at radius 2 is 1.94 bits per heavy atom. The van der Waals surface area contributed by atoms with E-state index in [0.717, 1.165) is 12.6 Å². The number of alkyl halides is 3. The summed E-state index contributed by atoms with van der Waals surface area (Å²) >= 11 is 3.06. The molecule has 0 aromatic heterocycles. The summed E-state index contributed by atoms with van der Waals surface area (Å²) in [4.78, 5) is 0. The molecular formula is C12H16BrF3N2. The molecule has 0 saturated carbocycles. The van der Waals surface area contributed by atoms with Gasteiger partial charge in [-0.2, -0.15) is 13.2 Å². The normalized spacial score (nSPS) is 13.4. The third-order valence-corrected chi connectivity index (χ3v) is 2.97. The molecular weight excluding hydrogens is 309 g/mol. The Kier molecular flexibility index (Phi) is 5.47. The monoisotopic (exact) mass is 324 g/mol. The van der Waals surface area contributed by atoms with Crippen LogP contribution in [0.15, 0.2) is 22.7 Å². The van der Waals surface area contributed by atoms with Crippen molar-refractivity contribution in [1.29, 1.82) is 0 Å². The fourth-order valence-corrected chi connectivity index (χ4v) is 1.97. The SMILES string of the molecule is CNCC(C)CNc1ccc(Br)cc1C(F)(F)F. The molecule has 0 aliphatic rings. The molecule has 0 aliphatic carbocycles. The summed E-state index contributed by atoms with van der Waals surface area (Å²) in [5.41, 5.74) is -0.526. The molecule has 1 atom stereocenters. The molecule has 1 aromatic rings. The molecule has 0 saturated heterocycles. The first-order valence-electron chi connectivity index (χ1n) is 5.59. The summed E-state index contributed by atoms with van der Waals surface area (Å²) in [5, 5.41) is 5.84. The third-order valence-electron chi connectivity index (χ3n) is 2.48. The fraction of sp³-hybridized carbons (Fsp3) is 0.500. The highest BCUT2D eigenvalue weighted by Gasteiger charge is 2.33. The van der Waals surface area contributed by atoms with Crippen LogP contribution in [0.3, 0.4) is 0 Å². The van der Waals surface area contributed by atoms with Crippen molar-refractivity contribution in [1.82, 2.24) is 5.32 Å². The van der Waals surface area contributed by atoms with Crippen LogP contribution in [-0.4, -0.2) is 20.1 Å². The molecule has 1 unspecified atom stereocenters. The van der Waals surface area contributed by atoms with Crippen molar-refractivity contribution in [3.05, 3.63) is 28.2 Å². The zero-order chi connectivity index (χ0) is 13.8. The number of rotatable bonds is 5. The van der Waals surface area contributed by atoms with Gasteiger partial charge in [0.25, 0.3) is 0 Å². The zero-order valence-corrected chi connectivity index (χ0v) is 11.8. The fourth-order valence-electron chi connectivity index (χ4n) is 1.61. The van der Waals surface area contributed by atoms with Crippen molar-refractivity contribution in [2.45, 2.75) is 13.1 Å². The van der Waals surface area contributed by atoms with Gasteiger partial charge in [0.05, 0.1) is 5.56 Å². The average Bonchev–Trinajstić information content (AvgIpc) is 2.26. The van der Waals surface area contributed by atoms with Gasteiger partial charge < -0.3 is 10.6 Å². The minimum atomic E-state index is -4.35. The van der Waals surface area contributed by atoms with Crippen LogP contribution in [0, 0.1) is 5.92 Å². The summed E-state index contributed by atoms with van der Waals surface area (Å²) in [6.07, 6.45) is -4.35. The van der Waals surface area contributed by atoms with Crippen molar-refractivity contribution in [2.75, 3.05) is 25.5 Å². The first-order valence-corrected chi connectivity index (χ1v) is 6.39. The molecule has 2 nitrogen and oxygen atoms in total. The van der Waals surface area contributed by atoms with Crippen LogP contribution < -0.4 is 10.6 Å². The maximum atomic E-state index is 12.8. The lowest BCUT2D eigenvalue weighted by atomic mass is 10.1. The number of hydrogen-bond donors (Lipinski definition) is 2. The van der Waals surface area contributed by atoms with E-state index in [0.29, 0.717) is 11.0 Å². The van der Waals surface area contributed by atoms with E-state index in [2.05, 4.69) is 26.6 Å². The summed E-state index contributed by atoms with van der Waals surface area (Å²) in [5.74, 6) is 0.250. The maximum Gasteiger partial charge on any atom is 0.418 e. The highest BCUT2D eigenvalue weighted by molar-refractivity contribution is 9.10. The van der Waals surface area contributed by atoms with Crippen LogP contribution in [0.1, 0.15) is 12.5 Å². The zero-order valence-electron chi connectivity index (χ0n) is 10.2. The summed E-state index contributed by atoms with van der Waals surface area (Å²) in [7, 11) is 1.82. The van der Waals surface area contributed by atoms with Gasteiger partial charge in [0, 0.05) is 16.7 Å². The second kappa shape index (κ2) is 6.43. The minimum Gasteiger partial charge on any atom is -0.384 e. The third kappa shape index (κ3) is 4.49. The molecule has 0 fully saturated rings. The van der Waals surface area contributed by atoms with E-state index < -0.39 is 11.7 Å². The van der Waals surface area contributed by atoms with E-state index in [-0.39, 0.29) is 11.6 Å². The first kappa shape index (κ1) is 15.3. The van der Waals surface area contributed by atoms with Gasteiger partial charge in [0.15, 0.2) is 0 Å². The van der Waals surface area contributed by atoms with Gasteiger partial charge in [0.2, 0.25) is 0 Å². The Morgan fingerprint density at radius 1 is 1.28 bits per heavy atom. The van der Waals surface area contributed by atoms with Crippen LogP contribution in [-0.2, 0) is 6.18 Å². The summed E-state index contributed by atoms with van der Waals surface area (Å²) in [6, 6.07) is 4.13. The van der Waals surface area contributed by atoms with Crippen LogP contribution in [0.5, 0.6) is 0 Å². The Bertz CT molecular complexity index is 393. The van der Waals surface area contributed by atoms with Crippen molar-refractivity contribution < 1.29 is 13.2 Å². The van der Waals surface area contributed by atoms with Gasteiger partial charge in [-0.05, 0) is 37.7 Å². The molecule has 1 aromatic carbocycles. The lowest BCUT2D eigenvalue weighted by Gasteiger charge is -2.17. The minimum absolute atomic E-state index is 0.119.